The number of hydrogen-bond acceptors (Lipinski definition) is 2. The fourth-order valence-electron chi connectivity index (χ4n) is 3.08. The Morgan fingerprint density at radius 2 is 1.92 bits per heavy atom. The number of carbonyl (C=O) groups excluding carboxylic acids is 1. The molecule has 2 aromatic heterocycles. The fourth-order valence-corrected chi connectivity index (χ4v) is 3.77. The molecule has 1 amide bonds. The number of hydrogen-bond donors (Lipinski definition) is 0. The van der Waals surface area contributed by atoms with Crippen molar-refractivity contribution in [3.8, 4) is 0 Å². The van der Waals surface area contributed by atoms with Gasteiger partial charge >= 0.3 is 0 Å². The van der Waals surface area contributed by atoms with Gasteiger partial charge in [0.05, 0.1) is 13.0 Å². The van der Waals surface area contributed by atoms with Gasteiger partial charge in [0.2, 0.25) is 5.91 Å². The SMILES string of the molecule is CCC(C)N(Cc1cccn1Cc1ccccc1)C(=O)Cc1cccs1. The standard InChI is InChI=1S/C22H26N2OS/c1-3-18(2)24(22(25)15-21-12-8-14-26-21)17-20-11-7-13-23(20)16-19-9-5-4-6-10-19/h4-14,18H,3,15-17H2,1-2H3. The van der Waals surface area contributed by atoms with Crippen molar-refractivity contribution < 1.29 is 4.79 Å². The lowest BCUT2D eigenvalue weighted by Gasteiger charge is -2.29. The second-order valence-electron chi connectivity index (χ2n) is 6.65. The van der Waals surface area contributed by atoms with Gasteiger partial charge in [0.15, 0.2) is 0 Å². The summed E-state index contributed by atoms with van der Waals surface area (Å²) >= 11 is 1.65. The Labute approximate surface area is 159 Å². The Kier molecular flexibility index (Phi) is 6.29. The maximum atomic E-state index is 12.9. The summed E-state index contributed by atoms with van der Waals surface area (Å²) in [6.07, 6.45) is 3.54. The van der Waals surface area contributed by atoms with Crippen LogP contribution < -0.4 is 0 Å². The molecule has 3 nitrogen and oxygen atoms in total. The molecule has 3 rings (SSSR count). The molecule has 0 radical (unpaired) electrons. The Hall–Kier alpha value is -2.33. The van der Waals surface area contributed by atoms with Crippen molar-refractivity contribution in [3.63, 3.8) is 0 Å². The number of amides is 1. The quantitative estimate of drug-likeness (QED) is 0.553. The highest BCUT2D eigenvalue weighted by Gasteiger charge is 2.21. The maximum absolute atomic E-state index is 12.9. The molecule has 0 spiro atoms. The monoisotopic (exact) mass is 366 g/mol. The van der Waals surface area contributed by atoms with E-state index in [9.17, 15) is 4.79 Å². The molecule has 136 valence electrons. The molecule has 1 atom stereocenters. The van der Waals surface area contributed by atoms with E-state index in [0.29, 0.717) is 13.0 Å². The first-order valence-corrected chi connectivity index (χ1v) is 10.0. The van der Waals surface area contributed by atoms with E-state index in [1.807, 2.05) is 28.5 Å². The van der Waals surface area contributed by atoms with E-state index in [1.54, 1.807) is 11.3 Å². The molecular formula is C22H26N2OS. The van der Waals surface area contributed by atoms with Crippen molar-refractivity contribution >= 4 is 17.2 Å². The van der Waals surface area contributed by atoms with Crippen LogP contribution in [0.4, 0.5) is 0 Å². The predicted octanol–water partition coefficient (Wildman–Crippen LogP) is 4.97. The highest BCUT2D eigenvalue weighted by atomic mass is 32.1. The lowest BCUT2D eigenvalue weighted by atomic mass is 10.1. The van der Waals surface area contributed by atoms with Gasteiger partial charge in [-0.3, -0.25) is 4.79 Å². The molecule has 0 aliphatic heterocycles. The van der Waals surface area contributed by atoms with Crippen LogP contribution in [0.15, 0.2) is 66.2 Å². The van der Waals surface area contributed by atoms with E-state index < -0.39 is 0 Å². The van der Waals surface area contributed by atoms with E-state index in [2.05, 4.69) is 61.0 Å². The summed E-state index contributed by atoms with van der Waals surface area (Å²) in [6.45, 7) is 5.76. The Balaban J connectivity index is 1.75. The molecule has 0 aliphatic carbocycles. The molecule has 0 N–H and O–H groups in total. The lowest BCUT2D eigenvalue weighted by molar-refractivity contribution is -0.133. The molecule has 0 fully saturated rings. The molecule has 3 aromatic rings. The second-order valence-corrected chi connectivity index (χ2v) is 7.68. The van der Waals surface area contributed by atoms with Gasteiger partial charge in [-0.1, -0.05) is 43.3 Å². The van der Waals surface area contributed by atoms with Crippen molar-refractivity contribution in [1.29, 1.82) is 0 Å². The molecular weight excluding hydrogens is 340 g/mol. The molecule has 4 heteroatoms. The maximum Gasteiger partial charge on any atom is 0.228 e. The number of aromatic nitrogens is 1. The Morgan fingerprint density at radius 1 is 1.12 bits per heavy atom. The zero-order valence-electron chi connectivity index (χ0n) is 15.5. The van der Waals surface area contributed by atoms with Crippen LogP contribution in [0.25, 0.3) is 0 Å². The first-order valence-electron chi connectivity index (χ1n) is 9.17. The topological polar surface area (TPSA) is 25.2 Å². The van der Waals surface area contributed by atoms with Gasteiger partial charge in [0, 0.05) is 29.4 Å². The third-order valence-electron chi connectivity index (χ3n) is 4.80. The molecule has 0 saturated carbocycles. The van der Waals surface area contributed by atoms with Crippen LogP contribution in [0.5, 0.6) is 0 Å². The van der Waals surface area contributed by atoms with E-state index in [0.717, 1.165) is 17.8 Å². The molecule has 0 saturated heterocycles. The first-order chi connectivity index (χ1) is 12.7. The van der Waals surface area contributed by atoms with Crippen molar-refractivity contribution in [2.24, 2.45) is 0 Å². The normalized spacial score (nSPS) is 12.1. The van der Waals surface area contributed by atoms with Gasteiger partial charge in [0.25, 0.3) is 0 Å². The van der Waals surface area contributed by atoms with Gasteiger partial charge in [-0.2, -0.15) is 0 Å². The van der Waals surface area contributed by atoms with E-state index in [4.69, 9.17) is 0 Å². The van der Waals surface area contributed by atoms with Crippen molar-refractivity contribution in [2.75, 3.05) is 0 Å². The average Bonchev–Trinajstić information content (AvgIpc) is 3.32. The van der Waals surface area contributed by atoms with Gasteiger partial charge in [-0.15, -0.1) is 11.3 Å². The first kappa shape index (κ1) is 18.5. The fraction of sp³-hybridized carbons (Fsp3) is 0.318. The van der Waals surface area contributed by atoms with Crippen LogP contribution in [0.1, 0.15) is 36.4 Å². The zero-order chi connectivity index (χ0) is 18.4. The highest BCUT2D eigenvalue weighted by Crippen LogP contribution is 2.17. The summed E-state index contributed by atoms with van der Waals surface area (Å²) in [5.74, 6) is 0.203. The predicted molar refractivity (Wildman–Crippen MR) is 108 cm³/mol. The minimum absolute atomic E-state index is 0.203. The number of carbonyl (C=O) groups is 1. The van der Waals surface area contributed by atoms with Crippen molar-refractivity contribution in [3.05, 3.63) is 82.3 Å². The summed E-state index contributed by atoms with van der Waals surface area (Å²) in [7, 11) is 0. The van der Waals surface area contributed by atoms with Crippen LogP contribution in [0, 0.1) is 0 Å². The highest BCUT2D eigenvalue weighted by molar-refractivity contribution is 7.10. The number of rotatable bonds is 8. The number of nitrogens with zero attached hydrogens (tertiary/aromatic N) is 2. The summed E-state index contributed by atoms with van der Waals surface area (Å²) in [5, 5.41) is 2.03. The third-order valence-corrected chi connectivity index (χ3v) is 5.68. The van der Waals surface area contributed by atoms with E-state index >= 15 is 0 Å². The lowest BCUT2D eigenvalue weighted by Crippen LogP contribution is -2.39. The summed E-state index contributed by atoms with van der Waals surface area (Å²) < 4.78 is 2.24. The smallest absolute Gasteiger partial charge is 0.228 e. The van der Waals surface area contributed by atoms with Crippen LogP contribution in [0.2, 0.25) is 0 Å². The van der Waals surface area contributed by atoms with Crippen molar-refractivity contribution in [1.82, 2.24) is 9.47 Å². The van der Waals surface area contributed by atoms with Crippen LogP contribution in [-0.2, 0) is 24.3 Å². The van der Waals surface area contributed by atoms with Gasteiger partial charge < -0.3 is 9.47 Å². The van der Waals surface area contributed by atoms with Gasteiger partial charge in [-0.05, 0) is 42.5 Å². The minimum atomic E-state index is 0.203. The molecule has 2 heterocycles. The Bertz CT molecular complexity index is 808. The van der Waals surface area contributed by atoms with Crippen LogP contribution in [-0.4, -0.2) is 21.4 Å². The van der Waals surface area contributed by atoms with Crippen molar-refractivity contribution in [2.45, 2.75) is 45.8 Å². The summed E-state index contributed by atoms with van der Waals surface area (Å²) in [6, 6.07) is 18.9. The largest absolute Gasteiger partial charge is 0.345 e. The molecule has 26 heavy (non-hydrogen) atoms. The van der Waals surface area contributed by atoms with Gasteiger partial charge in [0.1, 0.15) is 0 Å². The second kappa shape index (κ2) is 8.86. The average molecular weight is 367 g/mol. The third kappa shape index (κ3) is 4.64. The number of thiophene rings is 1. The van der Waals surface area contributed by atoms with Crippen LogP contribution >= 0.6 is 11.3 Å². The minimum Gasteiger partial charge on any atom is -0.345 e. The Morgan fingerprint density at radius 3 is 2.62 bits per heavy atom. The van der Waals surface area contributed by atoms with Crippen LogP contribution in [0.3, 0.4) is 0 Å². The summed E-state index contributed by atoms with van der Waals surface area (Å²) in [4.78, 5) is 16.1. The summed E-state index contributed by atoms with van der Waals surface area (Å²) in [5.41, 5.74) is 2.44. The number of benzene rings is 1. The van der Waals surface area contributed by atoms with Gasteiger partial charge in [-0.25, -0.2) is 0 Å². The van der Waals surface area contributed by atoms with E-state index in [1.165, 1.54) is 11.3 Å². The molecule has 1 aromatic carbocycles. The molecule has 1 unspecified atom stereocenters. The van der Waals surface area contributed by atoms with E-state index in [-0.39, 0.29) is 11.9 Å². The zero-order valence-corrected chi connectivity index (χ0v) is 16.3. The molecule has 0 bridgehead atoms. The molecule has 0 aliphatic rings.